The number of carboxylic acids is 1. The molecular formula is C13H13N3O2S. The first-order valence-corrected chi connectivity index (χ1v) is 6.79. The highest BCUT2D eigenvalue weighted by atomic mass is 32.2. The number of hydrogen-bond donors (Lipinski definition) is 2. The van der Waals surface area contributed by atoms with Crippen LogP contribution in [0.5, 0.6) is 0 Å². The van der Waals surface area contributed by atoms with Gasteiger partial charge in [-0.2, -0.15) is 0 Å². The molecule has 19 heavy (non-hydrogen) atoms. The summed E-state index contributed by atoms with van der Waals surface area (Å²) in [6.07, 6.45) is 3.40. The van der Waals surface area contributed by atoms with Gasteiger partial charge in [-0.05, 0) is 30.9 Å². The number of aromatic carboxylic acids is 1. The van der Waals surface area contributed by atoms with Crippen molar-refractivity contribution in [3.05, 3.63) is 41.7 Å². The van der Waals surface area contributed by atoms with Gasteiger partial charge in [-0.1, -0.05) is 6.07 Å². The van der Waals surface area contributed by atoms with Crippen molar-refractivity contribution >= 4 is 29.2 Å². The molecule has 0 spiro atoms. The maximum Gasteiger partial charge on any atom is 0.336 e. The fraction of sp³-hybridized carbons (Fsp3) is 0.154. The van der Waals surface area contributed by atoms with Crippen LogP contribution in [0.4, 0.5) is 11.5 Å². The number of rotatable bonds is 4. The predicted molar refractivity (Wildman–Crippen MR) is 75.2 cm³/mol. The third-order valence-electron chi connectivity index (χ3n) is 2.59. The minimum atomic E-state index is -0.936. The highest BCUT2D eigenvalue weighted by Gasteiger charge is 2.08. The van der Waals surface area contributed by atoms with Gasteiger partial charge in [-0.15, -0.1) is 11.8 Å². The summed E-state index contributed by atoms with van der Waals surface area (Å²) in [6, 6.07) is 6.99. The van der Waals surface area contributed by atoms with Crippen molar-refractivity contribution in [2.24, 2.45) is 0 Å². The molecule has 0 fully saturated rings. The summed E-state index contributed by atoms with van der Waals surface area (Å²) >= 11 is 1.52. The molecule has 6 heteroatoms. The fourth-order valence-corrected chi connectivity index (χ4v) is 1.98. The molecule has 1 aromatic heterocycles. The average Bonchev–Trinajstić information content (AvgIpc) is 2.41. The Morgan fingerprint density at radius 2 is 2.11 bits per heavy atom. The van der Waals surface area contributed by atoms with Crippen LogP contribution in [0.25, 0.3) is 0 Å². The molecule has 0 radical (unpaired) electrons. The van der Waals surface area contributed by atoms with Gasteiger partial charge in [0, 0.05) is 11.8 Å². The number of carbonyl (C=O) groups is 1. The van der Waals surface area contributed by atoms with Crippen LogP contribution in [-0.2, 0) is 0 Å². The number of hydrogen-bond acceptors (Lipinski definition) is 5. The number of nitrogens with one attached hydrogen (secondary N) is 1. The first-order valence-electron chi connectivity index (χ1n) is 5.57. The van der Waals surface area contributed by atoms with Crippen LogP contribution in [0.2, 0.25) is 0 Å². The normalized spacial score (nSPS) is 10.2. The molecule has 0 saturated carbocycles. The average molecular weight is 275 g/mol. The lowest BCUT2D eigenvalue weighted by atomic mass is 10.1. The molecule has 0 amide bonds. The lowest BCUT2D eigenvalue weighted by Crippen LogP contribution is -2.02. The van der Waals surface area contributed by atoms with Gasteiger partial charge in [0.05, 0.1) is 5.56 Å². The molecule has 2 rings (SSSR count). The third kappa shape index (κ3) is 3.23. The van der Waals surface area contributed by atoms with E-state index in [2.05, 4.69) is 15.3 Å². The minimum absolute atomic E-state index is 0.282. The van der Waals surface area contributed by atoms with Crippen LogP contribution in [0.3, 0.4) is 0 Å². The van der Waals surface area contributed by atoms with E-state index < -0.39 is 5.97 Å². The Kier molecular flexibility index (Phi) is 4.01. The van der Waals surface area contributed by atoms with Crippen molar-refractivity contribution in [3.63, 3.8) is 0 Å². The summed E-state index contributed by atoms with van der Waals surface area (Å²) in [5.74, 6) is -0.298. The largest absolute Gasteiger partial charge is 0.478 e. The van der Waals surface area contributed by atoms with Crippen LogP contribution in [-0.4, -0.2) is 27.3 Å². The summed E-state index contributed by atoms with van der Waals surface area (Å²) in [5.41, 5.74) is 1.70. The standard InChI is InChI=1S/C13H13N3O2S/c1-8-3-4-9(5-10(8)13(17)18)16-11-6-12(19-2)15-7-14-11/h3-7H,1-2H3,(H,17,18)(H,14,15,16). The number of carboxylic acid groups (broad SMARTS) is 1. The van der Waals surface area contributed by atoms with Gasteiger partial charge in [0.15, 0.2) is 0 Å². The molecule has 1 aromatic carbocycles. The van der Waals surface area contributed by atoms with E-state index >= 15 is 0 Å². The van der Waals surface area contributed by atoms with Gasteiger partial charge < -0.3 is 10.4 Å². The lowest BCUT2D eigenvalue weighted by Gasteiger charge is -2.08. The van der Waals surface area contributed by atoms with E-state index in [0.29, 0.717) is 11.5 Å². The van der Waals surface area contributed by atoms with Gasteiger partial charge in [0.2, 0.25) is 0 Å². The lowest BCUT2D eigenvalue weighted by molar-refractivity contribution is 0.0696. The second-order valence-corrected chi connectivity index (χ2v) is 4.73. The molecular weight excluding hydrogens is 262 g/mol. The first kappa shape index (κ1) is 13.4. The van der Waals surface area contributed by atoms with Crippen molar-refractivity contribution in [1.82, 2.24) is 9.97 Å². The van der Waals surface area contributed by atoms with Crippen molar-refractivity contribution in [3.8, 4) is 0 Å². The zero-order valence-electron chi connectivity index (χ0n) is 10.5. The SMILES string of the molecule is CSc1cc(Nc2ccc(C)c(C(=O)O)c2)ncn1. The monoisotopic (exact) mass is 275 g/mol. The van der Waals surface area contributed by atoms with E-state index in [4.69, 9.17) is 5.11 Å². The topological polar surface area (TPSA) is 75.1 Å². The maximum absolute atomic E-state index is 11.1. The number of benzene rings is 1. The van der Waals surface area contributed by atoms with E-state index in [1.165, 1.54) is 18.1 Å². The summed E-state index contributed by atoms with van der Waals surface area (Å²) in [4.78, 5) is 19.2. The molecule has 0 saturated heterocycles. The molecule has 2 N–H and O–H groups in total. The van der Waals surface area contributed by atoms with Gasteiger partial charge in [0.25, 0.3) is 0 Å². The molecule has 0 aliphatic carbocycles. The Morgan fingerprint density at radius 1 is 1.32 bits per heavy atom. The molecule has 5 nitrogen and oxygen atoms in total. The Morgan fingerprint density at radius 3 is 2.79 bits per heavy atom. The van der Waals surface area contributed by atoms with Gasteiger partial charge >= 0.3 is 5.97 Å². The van der Waals surface area contributed by atoms with Crippen LogP contribution in [0.15, 0.2) is 35.6 Å². The van der Waals surface area contributed by atoms with Crippen molar-refractivity contribution < 1.29 is 9.90 Å². The number of nitrogens with zero attached hydrogens (tertiary/aromatic N) is 2. The molecule has 0 bridgehead atoms. The van der Waals surface area contributed by atoms with Gasteiger partial charge in [0.1, 0.15) is 17.2 Å². The van der Waals surface area contributed by atoms with E-state index in [-0.39, 0.29) is 5.56 Å². The van der Waals surface area contributed by atoms with E-state index in [9.17, 15) is 4.79 Å². The van der Waals surface area contributed by atoms with Crippen LogP contribution in [0.1, 0.15) is 15.9 Å². The molecule has 0 atom stereocenters. The maximum atomic E-state index is 11.1. The van der Waals surface area contributed by atoms with Crippen LogP contribution >= 0.6 is 11.8 Å². The number of aryl methyl sites for hydroxylation is 1. The molecule has 0 aliphatic heterocycles. The fourth-order valence-electron chi connectivity index (χ4n) is 1.60. The molecule has 1 heterocycles. The zero-order valence-corrected chi connectivity index (χ0v) is 11.4. The predicted octanol–water partition coefficient (Wildman–Crippen LogP) is 2.95. The summed E-state index contributed by atoms with van der Waals surface area (Å²) in [6.45, 7) is 1.77. The number of thioether (sulfide) groups is 1. The van der Waals surface area contributed by atoms with Gasteiger partial charge in [-0.25, -0.2) is 14.8 Å². The van der Waals surface area contributed by atoms with E-state index in [0.717, 1.165) is 10.6 Å². The Balaban J connectivity index is 2.28. The van der Waals surface area contributed by atoms with Crippen molar-refractivity contribution in [2.75, 3.05) is 11.6 Å². The quantitative estimate of drug-likeness (QED) is 0.660. The highest BCUT2D eigenvalue weighted by Crippen LogP contribution is 2.20. The summed E-state index contributed by atoms with van der Waals surface area (Å²) in [7, 11) is 0. The Bertz CT molecular complexity index is 617. The van der Waals surface area contributed by atoms with E-state index in [1.807, 2.05) is 18.4 Å². The van der Waals surface area contributed by atoms with Crippen molar-refractivity contribution in [1.29, 1.82) is 0 Å². The first-order chi connectivity index (χ1) is 9.10. The molecule has 0 aliphatic rings. The Hall–Kier alpha value is -2.08. The highest BCUT2D eigenvalue weighted by molar-refractivity contribution is 7.98. The van der Waals surface area contributed by atoms with Gasteiger partial charge in [-0.3, -0.25) is 0 Å². The Labute approximate surface area is 115 Å². The molecule has 98 valence electrons. The van der Waals surface area contributed by atoms with Crippen molar-refractivity contribution in [2.45, 2.75) is 11.9 Å². The molecule has 2 aromatic rings. The smallest absolute Gasteiger partial charge is 0.336 e. The van der Waals surface area contributed by atoms with Crippen LogP contribution < -0.4 is 5.32 Å². The summed E-state index contributed by atoms with van der Waals surface area (Å²) < 4.78 is 0. The summed E-state index contributed by atoms with van der Waals surface area (Å²) in [5, 5.41) is 13.0. The zero-order chi connectivity index (χ0) is 13.8. The third-order valence-corrected chi connectivity index (χ3v) is 3.23. The second-order valence-electron chi connectivity index (χ2n) is 3.91. The second kappa shape index (κ2) is 5.71. The number of anilines is 2. The van der Waals surface area contributed by atoms with E-state index in [1.54, 1.807) is 19.1 Å². The van der Waals surface area contributed by atoms with Crippen LogP contribution in [0, 0.1) is 6.92 Å². The molecule has 0 unspecified atom stereocenters. The minimum Gasteiger partial charge on any atom is -0.478 e. The number of aromatic nitrogens is 2.